The smallest absolute Gasteiger partial charge is 0.242 e. The van der Waals surface area contributed by atoms with Crippen molar-refractivity contribution in [3.63, 3.8) is 0 Å². The zero-order valence-electron chi connectivity index (χ0n) is 10.7. The van der Waals surface area contributed by atoms with Crippen LogP contribution in [0.1, 0.15) is 17.9 Å². The van der Waals surface area contributed by atoms with E-state index in [1.807, 2.05) is 6.07 Å². The highest BCUT2D eigenvalue weighted by Crippen LogP contribution is 2.43. The van der Waals surface area contributed by atoms with Crippen LogP contribution in [0.15, 0.2) is 36.7 Å². The van der Waals surface area contributed by atoms with E-state index in [0.717, 1.165) is 6.42 Å². The lowest BCUT2D eigenvalue weighted by Gasteiger charge is -2.09. The average molecular weight is 256 g/mol. The van der Waals surface area contributed by atoms with Crippen molar-refractivity contribution in [2.75, 3.05) is 18.2 Å². The Morgan fingerprint density at radius 3 is 2.79 bits per heavy atom. The van der Waals surface area contributed by atoms with E-state index in [1.54, 1.807) is 7.11 Å². The third-order valence-corrected chi connectivity index (χ3v) is 3.38. The molecule has 5 nitrogen and oxygen atoms in total. The maximum atomic E-state index is 5.94. The second-order valence-corrected chi connectivity index (χ2v) is 4.65. The Balaban J connectivity index is 1.71. The van der Waals surface area contributed by atoms with Crippen LogP contribution in [0.5, 0.6) is 5.88 Å². The van der Waals surface area contributed by atoms with Gasteiger partial charge in [-0.15, -0.1) is 0 Å². The quantitative estimate of drug-likeness (QED) is 0.875. The second-order valence-electron chi connectivity index (χ2n) is 4.65. The minimum Gasteiger partial charge on any atom is -0.479 e. The molecular weight excluding hydrogens is 240 g/mol. The molecule has 0 radical (unpaired) electrons. The van der Waals surface area contributed by atoms with Gasteiger partial charge < -0.3 is 15.8 Å². The molecule has 1 aliphatic rings. The average Bonchev–Trinajstić information content (AvgIpc) is 3.21. The number of nitrogens with one attached hydrogen (secondary N) is 1. The standard InChI is InChI=1S/C14H16N4O/c1-19-14-12(15)13(16-8-17-14)18-11-7-10(11)9-5-3-2-4-6-9/h2-6,8,10-11H,7,15H2,1H3,(H,16,17,18). The van der Waals surface area contributed by atoms with Crippen LogP contribution in [-0.4, -0.2) is 23.1 Å². The topological polar surface area (TPSA) is 73.1 Å². The number of methoxy groups -OCH3 is 1. The van der Waals surface area contributed by atoms with E-state index < -0.39 is 0 Å². The molecule has 2 aromatic rings. The first-order valence-electron chi connectivity index (χ1n) is 6.25. The van der Waals surface area contributed by atoms with E-state index in [4.69, 9.17) is 10.5 Å². The zero-order chi connectivity index (χ0) is 13.2. The molecule has 0 aliphatic heterocycles. The number of nitrogen functional groups attached to an aromatic ring is 1. The molecule has 1 saturated carbocycles. The Hall–Kier alpha value is -2.30. The summed E-state index contributed by atoms with van der Waals surface area (Å²) < 4.78 is 5.08. The molecule has 0 amide bonds. The fourth-order valence-corrected chi connectivity index (χ4v) is 2.26. The normalized spacial score (nSPS) is 20.9. The van der Waals surface area contributed by atoms with E-state index in [9.17, 15) is 0 Å². The highest BCUT2D eigenvalue weighted by Gasteiger charge is 2.38. The zero-order valence-corrected chi connectivity index (χ0v) is 10.7. The van der Waals surface area contributed by atoms with Gasteiger partial charge in [-0.25, -0.2) is 4.98 Å². The van der Waals surface area contributed by atoms with Crippen molar-refractivity contribution in [1.29, 1.82) is 0 Å². The van der Waals surface area contributed by atoms with Crippen molar-refractivity contribution in [3.8, 4) is 5.88 Å². The minimum atomic E-state index is 0.379. The fourth-order valence-electron chi connectivity index (χ4n) is 2.26. The summed E-state index contributed by atoms with van der Waals surface area (Å²) in [5.41, 5.74) is 7.75. The maximum Gasteiger partial charge on any atom is 0.242 e. The van der Waals surface area contributed by atoms with Crippen molar-refractivity contribution < 1.29 is 4.74 Å². The number of rotatable bonds is 4. The Kier molecular flexibility index (Phi) is 2.95. The molecule has 1 aromatic carbocycles. The summed E-state index contributed by atoms with van der Waals surface area (Å²) in [5.74, 6) is 1.59. The molecular formula is C14H16N4O. The van der Waals surface area contributed by atoms with Crippen LogP contribution < -0.4 is 15.8 Å². The number of benzene rings is 1. The van der Waals surface area contributed by atoms with Crippen molar-refractivity contribution >= 4 is 11.5 Å². The van der Waals surface area contributed by atoms with Crippen LogP contribution in [-0.2, 0) is 0 Å². The molecule has 2 unspecified atom stereocenters. The summed E-state index contributed by atoms with van der Waals surface area (Å²) in [7, 11) is 1.55. The predicted molar refractivity (Wildman–Crippen MR) is 74.2 cm³/mol. The molecule has 3 N–H and O–H groups in total. The Morgan fingerprint density at radius 1 is 1.26 bits per heavy atom. The summed E-state index contributed by atoms with van der Waals surface area (Å²) in [5, 5.41) is 3.35. The number of nitrogens with zero attached hydrogens (tertiary/aromatic N) is 2. The van der Waals surface area contributed by atoms with Gasteiger partial charge in [-0.2, -0.15) is 4.98 Å². The summed E-state index contributed by atoms with van der Waals surface area (Å²) in [6.07, 6.45) is 2.55. The van der Waals surface area contributed by atoms with Crippen molar-refractivity contribution in [3.05, 3.63) is 42.2 Å². The maximum absolute atomic E-state index is 5.94. The van der Waals surface area contributed by atoms with Crippen molar-refractivity contribution in [1.82, 2.24) is 9.97 Å². The molecule has 0 saturated heterocycles. The van der Waals surface area contributed by atoms with Crippen LogP contribution in [0.25, 0.3) is 0 Å². The predicted octanol–water partition coefficient (Wildman–Crippen LogP) is 2.04. The number of aromatic nitrogens is 2. The van der Waals surface area contributed by atoms with Gasteiger partial charge in [-0.05, 0) is 12.0 Å². The van der Waals surface area contributed by atoms with Crippen molar-refractivity contribution in [2.24, 2.45) is 0 Å². The number of anilines is 2. The van der Waals surface area contributed by atoms with E-state index in [0.29, 0.717) is 29.3 Å². The SMILES string of the molecule is COc1ncnc(NC2CC2c2ccccc2)c1N. The molecule has 1 heterocycles. The number of ether oxygens (including phenoxy) is 1. The van der Waals surface area contributed by atoms with Gasteiger partial charge in [0.2, 0.25) is 5.88 Å². The fraction of sp³-hybridized carbons (Fsp3) is 0.286. The first kappa shape index (κ1) is 11.8. The first-order chi connectivity index (χ1) is 9.29. The van der Waals surface area contributed by atoms with Crippen LogP contribution in [0, 0.1) is 0 Å². The molecule has 1 aromatic heterocycles. The minimum absolute atomic E-state index is 0.379. The largest absolute Gasteiger partial charge is 0.479 e. The van der Waals surface area contributed by atoms with Gasteiger partial charge in [0.05, 0.1) is 7.11 Å². The van der Waals surface area contributed by atoms with Crippen LogP contribution in [0.3, 0.4) is 0 Å². The molecule has 1 aliphatic carbocycles. The molecule has 0 bridgehead atoms. The van der Waals surface area contributed by atoms with Gasteiger partial charge in [0.1, 0.15) is 12.0 Å². The first-order valence-corrected chi connectivity index (χ1v) is 6.25. The summed E-state index contributed by atoms with van der Waals surface area (Å²) >= 11 is 0. The molecule has 19 heavy (non-hydrogen) atoms. The van der Waals surface area contributed by atoms with Gasteiger partial charge in [-0.3, -0.25) is 0 Å². The number of hydrogen-bond acceptors (Lipinski definition) is 5. The van der Waals surface area contributed by atoms with Crippen LogP contribution in [0.4, 0.5) is 11.5 Å². The molecule has 0 spiro atoms. The van der Waals surface area contributed by atoms with Gasteiger partial charge in [0.25, 0.3) is 0 Å². The monoisotopic (exact) mass is 256 g/mol. The molecule has 2 atom stereocenters. The van der Waals surface area contributed by atoms with Gasteiger partial charge >= 0.3 is 0 Å². The van der Waals surface area contributed by atoms with Crippen LogP contribution in [0.2, 0.25) is 0 Å². The van der Waals surface area contributed by atoms with E-state index in [-0.39, 0.29) is 0 Å². The Morgan fingerprint density at radius 2 is 2.05 bits per heavy atom. The lowest BCUT2D eigenvalue weighted by atomic mass is 10.1. The molecule has 98 valence electrons. The van der Waals surface area contributed by atoms with E-state index >= 15 is 0 Å². The lowest BCUT2D eigenvalue weighted by Crippen LogP contribution is -2.09. The Labute approximate surface area is 111 Å². The van der Waals surface area contributed by atoms with Crippen molar-refractivity contribution in [2.45, 2.75) is 18.4 Å². The second kappa shape index (κ2) is 4.76. The highest BCUT2D eigenvalue weighted by atomic mass is 16.5. The van der Waals surface area contributed by atoms with E-state index in [1.165, 1.54) is 11.9 Å². The van der Waals surface area contributed by atoms with Gasteiger partial charge in [0, 0.05) is 12.0 Å². The third kappa shape index (κ3) is 2.31. The van der Waals surface area contributed by atoms with Crippen LogP contribution >= 0.6 is 0 Å². The highest BCUT2D eigenvalue weighted by molar-refractivity contribution is 5.67. The molecule has 1 fully saturated rings. The number of hydrogen-bond donors (Lipinski definition) is 2. The molecule has 5 heteroatoms. The van der Waals surface area contributed by atoms with Gasteiger partial charge in [-0.1, -0.05) is 30.3 Å². The molecule has 3 rings (SSSR count). The third-order valence-electron chi connectivity index (χ3n) is 3.38. The summed E-state index contributed by atoms with van der Waals surface area (Å²) in [4.78, 5) is 8.13. The van der Waals surface area contributed by atoms with Gasteiger partial charge in [0.15, 0.2) is 5.82 Å². The number of nitrogens with two attached hydrogens (primary N) is 1. The van der Waals surface area contributed by atoms with E-state index in [2.05, 4.69) is 39.6 Å². The summed E-state index contributed by atoms with van der Waals surface area (Å²) in [6, 6.07) is 10.8. The summed E-state index contributed by atoms with van der Waals surface area (Å²) in [6.45, 7) is 0. The Bertz CT molecular complexity index is 573. The lowest BCUT2D eigenvalue weighted by molar-refractivity contribution is 0.399.